The SMILES string of the molecule is CC(CN1CCOCC1)NC(=O)NCc1ccccc1F. The second kappa shape index (κ2) is 7.95. The van der Waals surface area contributed by atoms with Crippen LogP contribution in [0.5, 0.6) is 0 Å². The van der Waals surface area contributed by atoms with Gasteiger partial charge in [-0.1, -0.05) is 18.2 Å². The number of benzene rings is 1. The Morgan fingerprint density at radius 3 is 2.81 bits per heavy atom. The number of urea groups is 1. The minimum atomic E-state index is -0.306. The van der Waals surface area contributed by atoms with E-state index < -0.39 is 0 Å². The lowest BCUT2D eigenvalue weighted by Crippen LogP contribution is -2.48. The topological polar surface area (TPSA) is 53.6 Å². The number of ether oxygens (including phenoxy) is 1. The minimum Gasteiger partial charge on any atom is -0.379 e. The first-order valence-electron chi connectivity index (χ1n) is 7.23. The number of halogens is 1. The number of carbonyl (C=O) groups excluding carboxylic acids is 1. The molecule has 2 rings (SSSR count). The van der Waals surface area contributed by atoms with Gasteiger partial charge in [-0.15, -0.1) is 0 Å². The van der Waals surface area contributed by atoms with E-state index in [2.05, 4.69) is 15.5 Å². The Balaban J connectivity index is 1.70. The van der Waals surface area contributed by atoms with Gasteiger partial charge < -0.3 is 15.4 Å². The first-order chi connectivity index (χ1) is 10.1. The van der Waals surface area contributed by atoms with Crippen molar-refractivity contribution in [3.8, 4) is 0 Å². The van der Waals surface area contributed by atoms with Gasteiger partial charge in [-0.2, -0.15) is 0 Å². The monoisotopic (exact) mass is 295 g/mol. The van der Waals surface area contributed by atoms with Crippen molar-refractivity contribution >= 4 is 6.03 Å². The normalized spacial score (nSPS) is 17.2. The van der Waals surface area contributed by atoms with Crippen LogP contribution in [0.3, 0.4) is 0 Å². The van der Waals surface area contributed by atoms with Crippen molar-refractivity contribution in [2.45, 2.75) is 19.5 Å². The van der Waals surface area contributed by atoms with Crippen molar-refractivity contribution < 1.29 is 13.9 Å². The van der Waals surface area contributed by atoms with Crippen molar-refractivity contribution in [2.75, 3.05) is 32.8 Å². The van der Waals surface area contributed by atoms with Crippen LogP contribution in [0.15, 0.2) is 24.3 Å². The Kier molecular flexibility index (Phi) is 5.95. The summed E-state index contributed by atoms with van der Waals surface area (Å²) in [6, 6.07) is 6.17. The van der Waals surface area contributed by atoms with Crippen molar-refractivity contribution in [2.24, 2.45) is 0 Å². The van der Waals surface area contributed by atoms with Crippen molar-refractivity contribution in [3.63, 3.8) is 0 Å². The molecule has 0 bridgehead atoms. The standard InChI is InChI=1S/C15H22FN3O2/c1-12(11-19-6-8-21-9-7-19)18-15(20)17-10-13-4-2-3-5-14(13)16/h2-5,12H,6-11H2,1H3,(H2,17,18,20). The summed E-state index contributed by atoms with van der Waals surface area (Å²) in [4.78, 5) is 14.0. The third-order valence-electron chi connectivity index (χ3n) is 3.41. The fourth-order valence-electron chi connectivity index (χ4n) is 2.31. The zero-order valence-electron chi connectivity index (χ0n) is 12.3. The van der Waals surface area contributed by atoms with Gasteiger partial charge in [-0.05, 0) is 13.0 Å². The number of nitrogens with zero attached hydrogens (tertiary/aromatic N) is 1. The highest BCUT2D eigenvalue weighted by atomic mass is 19.1. The van der Waals surface area contributed by atoms with Gasteiger partial charge in [0.1, 0.15) is 5.82 Å². The van der Waals surface area contributed by atoms with E-state index >= 15 is 0 Å². The Morgan fingerprint density at radius 1 is 1.38 bits per heavy atom. The Bertz CT molecular complexity index is 464. The summed E-state index contributed by atoms with van der Waals surface area (Å²) >= 11 is 0. The minimum absolute atomic E-state index is 0.0312. The average Bonchev–Trinajstić information content (AvgIpc) is 2.47. The predicted molar refractivity (Wildman–Crippen MR) is 78.5 cm³/mol. The van der Waals surface area contributed by atoms with Crippen molar-refractivity contribution in [1.29, 1.82) is 0 Å². The largest absolute Gasteiger partial charge is 0.379 e. The maximum Gasteiger partial charge on any atom is 0.315 e. The van der Waals surface area contributed by atoms with Crippen molar-refractivity contribution in [1.82, 2.24) is 15.5 Å². The molecule has 1 aromatic rings. The van der Waals surface area contributed by atoms with E-state index in [1.807, 2.05) is 6.92 Å². The van der Waals surface area contributed by atoms with Gasteiger partial charge in [0, 0.05) is 37.8 Å². The summed E-state index contributed by atoms with van der Waals surface area (Å²) in [6.07, 6.45) is 0. The van der Waals surface area contributed by atoms with E-state index in [4.69, 9.17) is 4.74 Å². The molecular formula is C15H22FN3O2. The molecular weight excluding hydrogens is 273 g/mol. The molecule has 5 nitrogen and oxygen atoms in total. The number of carbonyl (C=O) groups is 1. The molecule has 2 amide bonds. The molecule has 1 fully saturated rings. The van der Waals surface area contributed by atoms with Gasteiger partial charge in [0.25, 0.3) is 0 Å². The van der Waals surface area contributed by atoms with Gasteiger partial charge in [-0.25, -0.2) is 9.18 Å². The molecule has 0 saturated carbocycles. The molecule has 0 radical (unpaired) electrons. The summed E-state index contributed by atoms with van der Waals surface area (Å²) in [5.41, 5.74) is 0.480. The number of nitrogens with one attached hydrogen (secondary N) is 2. The van der Waals surface area contributed by atoms with Crippen LogP contribution in [-0.4, -0.2) is 49.8 Å². The maximum atomic E-state index is 13.4. The third-order valence-corrected chi connectivity index (χ3v) is 3.41. The van der Waals surface area contributed by atoms with Crippen LogP contribution in [-0.2, 0) is 11.3 Å². The van der Waals surface area contributed by atoms with Gasteiger partial charge in [0.2, 0.25) is 0 Å². The van der Waals surface area contributed by atoms with Gasteiger partial charge >= 0.3 is 6.03 Å². The van der Waals surface area contributed by atoms with Crippen LogP contribution >= 0.6 is 0 Å². The van der Waals surface area contributed by atoms with Crippen LogP contribution in [0.1, 0.15) is 12.5 Å². The zero-order valence-corrected chi connectivity index (χ0v) is 12.3. The quantitative estimate of drug-likeness (QED) is 0.862. The van der Waals surface area contributed by atoms with E-state index in [0.717, 1.165) is 32.8 Å². The van der Waals surface area contributed by atoms with Crippen molar-refractivity contribution in [3.05, 3.63) is 35.6 Å². The van der Waals surface area contributed by atoms with E-state index in [9.17, 15) is 9.18 Å². The molecule has 1 aliphatic rings. The molecule has 116 valence electrons. The summed E-state index contributed by atoms with van der Waals surface area (Å²) in [5.74, 6) is -0.306. The molecule has 0 spiro atoms. The molecule has 2 N–H and O–H groups in total. The fraction of sp³-hybridized carbons (Fsp3) is 0.533. The molecule has 1 aliphatic heterocycles. The molecule has 1 unspecified atom stereocenters. The van der Waals surface area contributed by atoms with E-state index in [1.54, 1.807) is 18.2 Å². The van der Waals surface area contributed by atoms with Gasteiger partial charge in [-0.3, -0.25) is 4.90 Å². The van der Waals surface area contributed by atoms with Crippen LogP contribution in [0.25, 0.3) is 0 Å². The molecule has 0 aromatic heterocycles. The highest BCUT2D eigenvalue weighted by Gasteiger charge is 2.15. The van der Waals surface area contributed by atoms with Crippen LogP contribution in [0.4, 0.5) is 9.18 Å². The molecule has 6 heteroatoms. The molecule has 1 aromatic carbocycles. The first-order valence-corrected chi connectivity index (χ1v) is 7.23. The lowest BCUT2D eigenvalue weighted by atomic mass is 10.2. The molecule has 1 saturated heterocycles. The fourth-order valence-corrected chi connectivity index (χ4v) is 2.31. The molecule has 1 atom stereocenters. The second-order valence-corrected chi connectivity index (χ2v) is 5.23. The molecule has 1 heterocycles. The summed E-state index contributed by atoms with van der Waals surface area (Å²) < 4.78 is 18.7. The lowest BCUT2D eigenvalue weighted by molar-refractivity contribution is 0.0349. The zero-order chi connectivity index (χ0) is 15.1. The highest BCUT2D eigenvalue weighted by molar-refractivity contribution is 5.74. The van der Waals surface area contributed by atoms with Crippen LogP contribution < -0.4 is 10.6 Å². The Morgan fingerprint density at radius 2 is 2.10 bits per heavy atom. The van der Waals surface area contributed by atoms with Crippen LogP contribution in [0.2, 0.25) is 0 Å². The first kappa shape index (κ1) is 15.7. The smallest absolute Gasteiger partial charge is 0.315 e. The Labute approximate surface area is 124 Å². The number of hydrogen-bond acceptors (Lipinski definition) is 3. The summed E-state index contributed by atoms with van der Waals surface area (Å²) in [7, 11) is 0. The lowest BCUT2D eigenvalue weighted by Gasteiger charge is -2.29. The molecule has 21 heavy (non-hydrogen) atoms. The highest BCUT2D eigenvalue weighted by Crippen LogP contribution is 2.05. The summed E-state index contributed by atoms with van der Waals surface area (Å²) in [5, 5.41) is 5.54. The number of hydrogen-bond donors (Lipinski definition) is 2. The van der Waals surface area contributed by atoms with E-state index in [1.165, 1.54) is 6.07 Å². The van der Waals surface area contributed by atoms with E-state index in [0.29, 0.717) is 5.56 Å². The van der Waals surface area contributed by atoms with Crippen LogP contribution in [0, 0.1) is 5.82 Å². The average molecular weight is 295 g/mol. The van der Waals surface area contributed by atoms with E-state index in [-0.39, 0.29) is 24.4 Å². The van der Waals surface area contributed by atoms with Gasteiger partial charge in [0.15, 0.2) is 0 Å². The number of amides is 2. The number of morpholine rings is 1. The maximum absolute atomic E-state index is 13.4. The Hall–Kier alpha value is -1.66. The van der Waals surface area contributed by atoms with Gasteiger partial charge in [0.05, 0.1) is 13.2 Å². The third kappa shape index (κ3) is 5.32. The predicted octanol–water partition coefficient (Wildman–Crippen LogP) is 1.35. The molecule has 0 aliphatic carbocycles. The number of rotatable bonds is 5. The second-order valence-electron chi connectivity index (χ2n) is 5.23. The summed E-state index contributed by atoms with van der Waals surface area (Å²) in [6.45, 7) is 6.20.